The van der Waals surface area contributed by atoms with Crippen molar-refractivity contribution in [1.29, 1.82) is 5.41 Å². The predicted molar refractivity (Wildman–Crippen MR) is 234 cm³/mol. The van der Waals surface area contributed by atoms with Crippen LogP contribution in [0.15, 0.2) is 188 Å². The fourth-order valence-electron chi connectivity index (χ4n) is 8.51. The largest absolute Gasteiger partial charge is 0.449 e. The van der Waals surface area contributed by atoms with Crippen LogP contribution in [0.25, 0.3) is 33.4 Å². The Balaban J connectivity index is 0.000000237. The fourth-order valence-corrected chi connectivity index (χ4v) is 8.51. The van der Waals surface area contributed by atoms with Crippen molar-refractivity contribution in [2.75, 3.05) is 0 Å². The third kappa shape index (κ3) is 7.07. The van der Waals surface area contributed by atoms with Crippen molar-refractivity contribution >= 4 is 5.84 Å². The summed E-state index contributed by atoms with van der Waals surface area (Å²) in [7, 11) is 0. The molecule has 0 amide bonds. The van der Waals surface area contributed by atoms with Crippen LogP contribution in [-0.2, 0) is 11.8 Å². The molecule has 0 saturated carbocycles. The van der Waals surface area contributed by atoms with Gasteiger partial charge in [-0.3, -0.25) is 5.41 Å². The molecule has 3 aliphatic rings. The number of hydrogen-bond acceptors (Lipinski definition) is 3. The molecule has 2 unspecified atom stereocenters. The zero-order valence-electron chi connectivity index (χ0n) is 32.2. The van der Waals surface area contributed by atoms with E-state index in [1.165, 1.54) is 44.5 Å². The summed E-state index contributed by atoms with van der Waals surface area (Å²) in [5, 5.41) is 7.29. The van der Waals surface area contributed by atoms with Gasteiger partial charge in [-0.2, -0.15) is 0 Å². The minimum Gasteiger partial charge on any atom is -0.449 e. The second kappa shape index (κ2) is 15.0. The Morgan fingerprint density at radius 3 is 1.81 bits per heavy atom. The van der Waals surface area contributed by atoms with Gasteiger partial charge in [0, 0.05) is 17.0 Å². The van der Waals surface area contributed by atoms with Crippen molar-refractivity contribution in [2.24, 2.45) is 11.7 Å². The molecule has 1 aliphatic heterocycles. The van der Waals surface area contributed by atoms with Crippen LogP contribution in [0.4, 0.5) is 0 Å². The Morgan fingerprint density at radius 2 is 1.12 bits per heavy atom. The average molecular weight is 741 g/mol. The first-order valence-electron chi connectivity index (χ1n) is 19.6. The zero-order chi connectivity index (χ0) is 38.9. The molecule has 4 nitrogen and oxygen atoms in total. The average Bonchev–Trinajstić information content (AvgIpc) is 3.50. The number of nitrogen functional groups attached to an aromatic ring is 1. The van der Waals surface area contributed by atoms with E-state index in [0.29, 0.717) is 11.8 Å². The number of ether oxygens (including phenoxy) is 2. The molecule has 1 heterocycles. The van der Waals surface area contributed by atoms with Crippen molar-refractivity contribution in [2.45, 2.75) is 31.6 Å². The van der Waals surface area contributed by atoms with E-state index in [0.717, 1.165) is 46.1 Å². The molecule has 2 atom stereocenters. The molecule has 278 valence electrons. The summed E-state index contributed by atoms with van der Waals surface area (Å²) in [6.07, 6.45) is 9.86. The van der Waals surface area contributed by atoms with Gasteiger partial charge in [0.15, 0.2) is 23.0 Å². The molecular formula is C53H44N2O2. The van der Waals surface area contributed by atoms with Gasteiger partial charge < -0.3 is 15.2 Å². The first-order chi connectivity index (χ1) is 27.8. The van der Waals surface area contributed by atoms with Crippen LogP contribution < -0.4 is 15.2 Å². The van der Waals surface area contributed by atoms with Gasteiger partial charge in [0.1, 0.15) is 5.84 Å². The maximum atomic E-state index is 7.29. The molecule has 0 radical (unpaired) electrons. The molecule has 0 aromatic heterocycles. The SMILES string of the molecule is CC1(C)c2ccc3c(c2C2C=CC=CC21)Oc1ccc(-c2cccc(Cc4ccc(-c5ccccc5)cc4)c2)cc1O3.N=C(N)c1ccc(-c2ccccc2)cc1. The van der Waals surface area contributed by atoms with Crippen LogP contribution in [0.2, 0.25) is 0 Å². The van der Waals surface area contributed by atoms with Crippen molar-refractivity contribution in [3.8, 4) is 56.4 Å². The standard InChI is InChI=1S/C40H32O2.C13H12N2/c1-40(2)33-14-7-6-13-32(33)38-34(40)20-22-36-39(38)42-35-21-19-31(25-37(35)41-36)30-12-8-9-27(24-30)23-26-15-17-29(18-16-26)28-10-4-3-5-11-28;14-13(15)12-8-6-11(7-9-12)10-4-2-1-3-5-10/h3-22,24-25,32-33H,23H2,1-2H3;1-9H,(H3,14,15). The summed E-state index contributed by atoms with van der Waals surface area (Å²) in [5.74, 6) is 4.02. The molecule has 0 bridgehead atoms. The highest BCUT2D eigenvalue weighted by molar-refractivity contribution is 5.95. The molecule has 0 spiro atoms. The number of amidine groups is 1. The van der Waals surface area contributed by atoms with E-state index in [9.17, 15) is 0 Å². The fraction of sp³-hybridized carbons (Fsp3) is 0.113. The number of allylic oxidation sites excluding steroid dienone is 4. The summed E-state index contributed by atoms with van der Waals surface area (Å²) >= 11 is 0. The minimum absolute atomic E-state index is 0.0404. The van der Waals surface area contributed by atoms with E-state index in [2.05, 4.69) is 159 Å². The second-order valence-corrected chi connectivity index (χ2v) is 15.6. The highest BCUT2D eigenvalue weighted by Crippen LogP contribution is 2.60. The van der Waals surface area contributed by atoms with Crippen LogP contribution in [0.5, 0.6) is 23.0 Å². The van der Waals surface area contributed by atoms with Crippen LogP contribution >= 0.6 is 0 Å². The quantitative estimate of drug-likeness (QED) is 0.132. The van der Waals surface area contributed by atoms with Crippen molar-refractivity contribution in [1.82, 2.24) is 0 Å². The number of hydrogen-bond donors (Lipinski definition) is 2. The zero-order valence-corrected chi connectivity index (χ0v) is 32.2. The maximum Gasteiger partial charge on any atom is 0.174 e. The van der Waals surface area contributed by atoms with E-state index >= 15 is 0 Å². The van der Waals surface area contributed by atoms with E-state index in [-0.39, 0.29) is 11.3 Å². The highest BCUT2D eigenvalue weighted by atomic mass is 16.6. The monoisotopic (exact) mass is 740 g/mol. The van der Waals surface area contributed by atoms with Crippen molar-refractivity contribution in [3.63, 3.8) is 0 Å². The summed E-state index contributed by atoms with van der Waals surface area (Å²) in [6, 6.07) is 56.6. The van der Waals surface area contributed by atoms with Gasteiger partial charge in [-0.15, -0.1) is 0 Å². The van der Waals surface area contributed by atoms with Crippen molar-refractivity contribution in [3.05, 3.63) is 216 Å². The molecule has 3 N–H and O–H groups in total. The van der Waals surface area contributed by atoms with Crippen LogP contribution in [-0.4, -0.2) is 5.84 Å². The molecule has 0 fully saturated rings. The molecule has 4 heteroatoms. The van der Waals surface area contributed by atoms with Gasteiger partial charge in [-0.25, -0.2) is 0 Å². The number of fused-ring (bicyclic) bond motifs is 6. The molecule has 7 aromatic rings. The Kier molecular flexibility index (Phi) is 9.39. The molecule has 0 saturated heterocycles. The lowest BCUT2D eigenvalue weighted by molar-refractivity contribution is 0.354. The minimum atomic E-state index is 0.0404. The summed E-state index contributed by atoms with van der Waals surface area (Å²) < 4.78 is 13.1. The van der Waals surface area contributed by atoms with Gasteiger partial charge in [0.2, 0.25) is 0 Å². The molecule has 2 aliphatic carbocycles. The van der Waals surface area contributed by atoms with Crippen LogP contribution in [0, 0.1) is 11.3 Å². The molecule has 10 rings (SSSR count). The first-order valence-corrected chi connectivity index (χ1v) is 19.6. The highest BCUT2D eigenvalue weighted by Gasteiger charge is 2.47. The Morgan fingerprint density at radius 1 is 0.544 bits per heavy atom. The lowest BCUT2D eigenvalue weighted by atomic mass is 9.74. The van der Waals surface area contributed by atoms with Crippen molar-refractivity contribution < 1.29 is 9.47 Å². The van der Waals surface area contributed by atoms with E-state index < -0.39 is 0 Å². The molecule has 57 heavy (non-hydrogen) atoms. The van der Waals surface area contributed by atoms with E-state index in [1.54, 1.807) is 0 Å². The first kappa shape index (κ1) is 35.8. The van der Waals surface area contributed by atoms with Gasteiger partial charge >= 0.3 is 0 Å². The molecule has 7 aromatic carbocycles. The van der Waals surface area contributed by atoms with Gasteiger partial charge in [-0.1, -0.05) is 184 Å². The smallest absolute Gasteiger partial charge is 0.174 e. The van der Waals surface area contributed by atoms with Crippen LogP contribution in [0.1, 0.15) is 47.6 Å². The van der Waals surface area contributed by atoms with Gasteiger partial charge in [0.05, 0.1) is 0 Å². The second-order valence-electron chi connectivity index (χ2n) is 15.6. The summed E-state index contributed by atoms with van der Waals surface area (Å²) in [4.78, 5) is 0. The number of nitrogens with one attached hydrogen (secondary N) is 1. The topological polar surface area (TPSA) is 68.3 Å². The molecular weight excluding hydrogens is 697 g/mol. The third-order valence-corrected chi connectivity index (χ3v) is 11.6. The lowest BCUT2D eigenvalue weighted by Gasteiger charge is -2.29. The Bertz CT molecular complexity index is 2640. The normalized spacial score (nSPS) is 16.4. The number of nitrogens with two attached hydrogens (primary N) is 1. The third-order valence-electron chi connectivity index (χ3n) is 11.6. The predicted octanol–water partition coefficient (Wildman–Crippen LogP) is 13.3. The Hall–Kier alpha value is -6.91. The number of rotatable bonds is 6. The number of benzene rings is 7. The Labute approximate surface area is 335 Å². The maximum absolute atomic E-state index is 7.29. The van der Waals surface area contributed by atoms with E-state index in [1.807, 2.05) is 42.5 Å². The summed E-state index contributed by atoms with van der Waals surface area (Å²) in [6.45, 7) is 4.67. The van der Waals surface area contributed by atoms with Gasteiger partial charge in [0.25, 0.3) is 0 Å². The van der Waals surface area contributed by atoms with E-state index in [4.69, 9.17) is 20.6 Å². The van der Waals surface area contributed by atoms with Gasteiger partial charge in [-0.05, 0) is 86.0 Å². The summed E-state index contributed by atoms with van der Waals surface area (Å²) in [5.41, 5.74) is 18.5. The lowest BCUT2D eigenvalue weighted by Crippen LogP contribution is -2.24. The van der Waals surface area contributed by atoms with Crippen LogP contribution in [0.3, 0.4) is 0 Å².